The summed E-state index contributed by atoms with van der Waals surface area (Å²) >= 11 is 0. The van der Waals surface area contributed by atoms with E-state index < -0.39 is 0 Å². The van der Waals surface area contributed by atoms with Crippen LogP contribution in [0.1, 0.15) is 24.3 Å². The molecule has 0 radical (unpaired) electrons. The van der Waals surface area contributed by atoms with Crippen LogP contribution in [0.2, 0.25) is 0 Å². The van der Waals surface area contributed by atoms with Crippen molar-refractivity contribution < 1.29 is 15.3 Å². The summed E-state index contributed by atoms with van der Waals surface area (Å²) in [6.07, 6.45) is 1.75. The van der Waals surface area contributed by atoms with Gasteiger partial charge in [0.15, 0.2) is 0 Å². The zero-order valence-electron chi connectivity index (χ0n) is 9.06. The number of phenolic OH excluding ortho intramolecular Hbond substituents is 2. The Morgan fingerprint density at radius 2 is 2.12 bits per heavy atom. The number of phenols is 2. The molecule has 1 aromatic rings. The number of benzene rings is 1. The number of rotatable bonds is 2. The molecule has 88 valence electrons. The van der Waals surface area contributed by atoms with Crippen LogP contribution in [0.25, 0.3) is 0 Å². The van der Waals surface area contributed by atoms with E-state index in [1.807, 2.05) is 0 Å². The molecule has 0 saturated carbocycles. The fraction of sp³-hybridized carbons (Fsp3) is 0.500. The Morgan fingerprint density at radius 3 is 2.81 bits per heavy atom. The van der Waals surface area contributed by atoms with Gasteiger partial charge in [0.05, 0.1) is 6.61 Å². The summed E-state index contributed by atoms with van der Waals surface area (Å²) in [5, 5.41) is 31.3. The fourth-order valence-electron chi connectivity index (χ4n) is 2.31. The lowest BCUT2D eigenvalue weighted by atomic mass is 9.86. The Balaban J connectivity index is 2.16. The lowest BCUT2D eigenvalue weighted by molar-refractivity contribution is 0.209. The monoisotopic (exact) mass is 223 g/mol. The van der Waals surface area contributed by atoms with Crippen LogP contribution < -0.4 is 5.32 Å². The van der Waals surface area contributed by atoms with Crippen molar-refractivity contribution in [3.05, 3.63) is 23.8 Å². The third-order valence-electron chi connectivity index (χ3n) is 3.17. The van der Waals surface area contributed by atoms with E-state index in [2.05, 4.69) is 5.32 Å². The second-order valence-electron chi connectivity index (χ2n) is 4.30. The first kappa shape index (κ1) is 11.2. The molecule has 1 fully saturated rings. The lowest BCUT2D eigenvalue weighted by Crippen LogP contribution is -2.39. The number of hydrogen-bond acceptors (Lipinski definition) is 4. The van der Waals surface area contributed by atoms with Gasteiger partial charge in [-0.2, -0.15) is 0 Å². The summed E-state index contributed by atoms with van der Waals surface area (Å²) in [6.45, 7) is 0.964. The molecular formula is C12H17NO3. The summed E-state index contributed by atoms with van der Waals surface area (Å²) in [7, 11) is 0. The van der Waals surface area contributed by atoms with E-state index in [1.54, 1.807) is 12.1 Å². The van der Waals surface area contributed by atoms with Gasteiger partial charge < -0.3 is 20.6 Å². The SMILES string of the molecule is OCC1C[C@@H](c2ccc(O)cc2O)CCN1. The maximum atomic E-state index is 9.76. The van der Waals surface area contributed by atoms with Crippen molar-refractivity contribution in [3.63, 3.8) is 0 Å². The summed E-state index contributed by atoms with van der Waals surface area (Å²) in [6, 6.07) is 4.82. The minimum Gasteiger partial charge on any atom is -0.508 e. The van der Waals surface area contributed by atoms with E-state index in [0.717, 1.165) is 24.9 Å². The van der Waals surface area contributed by atoms with Crippen LogP contribution in [0.4, 0.5) is 0 Å². The fourth-order valence-corrected chi connectivity index (χ4v) is 2.31. The van der Waals surface area contributed by atoms with E-state index in [0.29, 0.717) is 0 Å². The van der Waals surface area contributed by atoms with E-state index in [-0.39, 0.29) is 30.1 Å². The first-order valence-electron chi connectivity index (χ1n) is 5.57. The van der Waals surface area contributed by atoms with Gasteiger partial charge in [0.25, 0.3) is 0 Å². The minimum atomic E-state index is 0.0777. The highest BCUT2D eigenvalue weighted by molar-refractivity contribution is 5.41. The highest BCUT2D eigenvalue weighted by atomic mass is 16.3. The maximum Gasteiger partial charge on any atom is 0.122 e. The first-order chi connectivity index (χ1) is 7.70. The van der Waals surface area contributed by atoms with Crippen molar-refractivity contribution in [2.24, 2.45) is 0 Å². The zero-order chi connectivity index (χ0) is 11.5. The summed E-state index contributed by atoms with van der Waals surface area (Å²) in [4.78, 5) is 0. The molecule has 0 spiro atoms. The topological polar surface area (TPSA) is 72.7 Å². The van der Waals surface area contributed by atoms with Crippen LogP contribution >= 0.6 is 0 Å². The summed E-state index contributed by atoms with van der Waals surface area (Å²) in [5.41, 5.74) is 0.859. The normalized spacial score (nSPS) is 25.6. The van der Waals surface area contributed by atoms with Gasteiger partial charge >= 0.3 is 0 Å². The van der Waals surface area contributed by atoms with Crippen LogP contribution in [0.3, 0.4) is 0 Å². The molecule has 1 unspecified atom stereocenters. The van der Waals surface area contributed by atoms with Gasteiger partial charge in [0.2, 0.25) is 0 Å². The number of aromatic hydroxyl groups is 2. The number of hydrogen-bond donors (Lipinski definition) is 4. The standard InChI is InChI=1S/C12H17NO3/c14-7-9-5-8(3-4-13-9)11-2-1-10(15)6-12(11)16/h1-2,6,8-9,13-16H,3-5,7H2/t8-,9?/m0/s1. The predicted octanol–water partition coefficient (Wildman–Crippen LogP) is 0.926. The molecule has 4 heteroatoms. The van der Waals surface area contributed by atoms with Crippen molar-refractivity contribution in [1.82, 2.24) is 5.32 Å². The number of nitrogens with one attached hydrogen (secondary N) is 1. The molecule has 0 aliphatic carbocycles. The molecule has 2 rings (SSSR count). The molecule has 1 heterocycles. The molecule has 1 aliphatic heterocycles. The van der Waals surface area contributed by atoms with Crippen LogP contribution in [0, 0.1) is 0 Å². The van der Waals surface area contributed by atoms with Crippen molar-refractivity contribution >= 4 is 0 Å². The second-order valence-corrected chi connectivity index (χ2v) is 4.30. The van der Waals surface area contributed by atoms with Gasteiger partial charge in [-0.25, -0.2) is 0 Å². The molecule has 16 heavy (non-hydrogen) atoms. The van der Waals surface area contributed by atoms with Crippen molar-refractivity contribution in [3.8, 4) is 11.5 Å². The van der Waals surface area contributed by atoms with Gasteiger partial charge in [0, 0.05) is 12.1 Å². The molecule has 4 N–H and O–H groups in total. The van der Waals surface area contributed by atoms with E-state index in [1.165, 1.54) is 6.07 Å². The van der Waals surface area contributed by atoms with E-state index in [9.17, 15) is 10.2 Å². The number of aliphatic hydroxyl groups excluding tert-OH is 1. The Hall–Kier alpha value is -1.26. The quantitative estimate of drug-likeness (QED) is 0.602. The van der Waals surface area contributed by atoms with Gasteiger partial charge in [-0.15, -0.1) is 0 Å². The largest absolute Gasteiger partial charge is 0.508 e. The molecule has 0 bridgehead atoms. The number of aliphatic hydroxyl groups is 1. The molecule has 0 amide bonds. The third kappa shape index (κ3) is 2.28. The molecule has 1 aliphatic rings. The van der Waals surface area contributed by atoms with Crippen molar-refractivity contribution in [2.45, 2.75) is 24.8 Å². The average Bonchev–Trinajstić information content (AvgIpc) is 2.29. The summed E-state index contributed by atoms with van der Waals surface area (Å²) in [5.74, 6) is 0.469. The molecule has 1 aromatic carbocycles. The van der Waals surface area contributed by atoms with E-state index >= 15 is 0 Å². The molecule has 2 atom stereocenters. The zero-order valence-corrected chi connectivity index (χ0v) is 9.06. The van der Waals surface area contributed by atoms with Gasteiger partial charge in [-0.3, -0.25) is 0 Å². The highest BCUT2D eigenvalue weighted by Gasteiger charge is 2.24. The molecule has 1 saturated heterocycles. The van der Waals surface area contributed by atoms with Crippen molar-refractivity contribution in [1.29, 1.82) is 0 Å². The van der Waals surface area contributed by atoms with Gasteiger partial charge in [-0.05, 0) is 36.9 Å². The second kappa shape index (κ2) is 4.72. The van der Waals surface area contributed by atoms with Crippen LogP contribution in [0.15, 0.2) is 18.2 Å². The Kier molecular flexibility index (Phi) is 3.31. The van der Waals surface area contributed by atoms with Crippen molar-refractivity contribution in [2.75, 3.05) is 13.2 Å². The van der Waals surface area contributed by atoms with Gasteiger partial charge in [0.1, 0.15) is 11.5 Å². The first-order valence-corrected chi connectivity index (χ1v) is 5.57. The Morgan fingerprint density at radius 1 is 1.31 bits per heavy atom. The smallest absolute Gasteiger partial charge is 0.122 e. The lowest BCUT2D eigenvalue weighted by Gasteiger charge is -2.29. The molecule has 0 aromatic heterocycles. The Bertz CT molecular complexity index is 367. The molecular weight excluding hydrogens is 206 g/mol. The summed E-state index contributed by atoms with van der Waals surface area (Å²) < 4.78 is 0. The third-order valence-corrected chi connectivity index (χ3v) is 3.17. The number of piperidine rings is 1. The van der Waals surface area contributed by atoms with Crippen LogP contribution in [0.5, 0.6) is 11.5 Å². The van der Waals surface area contributed by atoms with E-state index in [4.69, 9.17) is 5.11 Å². The highest BCUT2D eigenvalue weighted by Crippen LogP contribution is 2.35. The maximum absolute atomic E-state index is 9.76. The molecule has 4 nitrogen and oxygen atoms in total. The minimum absolute atomic E-state index is 0.0777. The van der Waals surface area contributed by atoms with Crippen LogP contribution in [-0.4, -0.2) is 34.5 Å². The average molecular weight is 223 g/mol. The predicted molar refractivity (Wildman–Crippen MR) is 60.6 cm³/mol. The Labute approximate surface area is 94.5 Å². The van der Waals surface area contributed by atoms with Gasteiger partial charge in [-0.1, -0.05) is 6.07 Å². The van der Waals surface area contributed by atoms with Crippen LogP contribution in [-0.2, 0) is 0 Å².